The molecule has 0 radical (unpaired) electrons. The van der Waals surface area contributed by atoms with Crippen molar-refractivity contribution in [1.82, 2.24) is 4.90 Å². The van der Waals surface area contributed by atoms with Crippen LogP contribution in [0.15, 0.2) is 66.7 Å². The number of ether oxygens (including phenoxy) is 3. The van der Waals surface area contributed by atoms with Crippen LogP contribution < -0.4 is 19.1 Å². The Morgan fingerprint density at radius 1 is 1.06 bits per heavy atom. The molecule has 1 unspecified atom stereocenters. The zero-order valence-electron chi connectivity index (χ0n) is 18.8. The summed E-state index contributed by atoms with van der Waals surface area (Å²) in [5.41, 5.74) is 1.48. The van der Waals surface area contributed by atoms with Gasteiger partial charge in [-0.1, -0.05) is 23.7 Å². The van der Waals surface area contributed by atoms with E-state index in [1.807, 2.05) is 0 Å². The zero-order chi connectivity index (χ0) is 24.5. The number of hydrogen-bond acceptors (Lipinski definition) is 6. The summed E-state index contributed by atoms with van der Waals surface area (Å²) >= 11 is 5.96. The van der Waals surface area contributed by atoms with Gasteiger partial charge in [-0.3, -0.25) is 14.4 Å². The van der Waals surface area contributed by atoms with Crippen LogP contribution in [0.2, 0.25) is 5.02 Å². The first-order valence-electron chi connectivity index (χ1n) is 10.9. The number of benzene rings is 3. The van der Waals surface area contributed by atoms with Crippen LogP contribution in [0.25, 0.3) is 0 Å². The topological polar surface area (TPSA) is 85.4 Å². The lowest BCUT2D eigenvalue weighted by Crippen LogP contribution is -2.45. The smallest absolute Gasteiger partial charge is 0.257 e. The van der Waals surface area contributed by atoms with Crippen LogP contribution in [0.3, 0.4) is 0 Å². The first kappa shape index (κ1) is 22.7. The summed E-state index contributed by atoms with van der Waals surface area (Å²) in [6.07, 6.45) is -0.137. The molecule has 0 N–H and O–H groups in total. The van der Waals surface area contributed by atoms with Gasteiger partial charge in [0.25, 0.3) is 11.8 Å². The number of rotatable bonds is 6. The highest BCUT2D eigenvalue weighted by atomic mass is 35.5. The van der Waals surface area contributed by atoms with Crippen molar-refractivity contribution in [3.8, 4) is 17.2 Å². The van der Waals surface area contributed by atoms with Crippen LogP contribution in [0.4, 0.5) is 5.69 Å². The van der Waals surface area contributed by atoms with Gasteiger partial charge in [0.05, 0.1) is 19.2 Å². The molecule has 3 aromatic rings. The van der Waals surface area contributed by atoms with Crippen LogP contribution in [0.1, 0.15) is 22.3 Å². The number of amides is 3. The molecule has 8 nitrogen and oxygen atoms in total. The van der Waals surface area contributed by atoms with E-state index in [1.165, 1.54) is 12.0 Å². The Morgan fingerprint density at radius 3 is 2.60 bits per heavy atom. The quantitative estimate of drug-likeness (QED) is 0.483. The third kappa shape index (κ3) is 4.40. The Kier molecular flexibility index (Phi) is 6.05. The van der Waals surface area contributed by atoms with Crippen LogP contribution in [0, 0.1) is 0 Å². The minimum Gasteiger partial charge on any atom is -0.497 e. The number of anilines is 1. The molecule has 0 aliphatic carbocycles. The van der Waals surface area contributed by atoms with Gasteiger partial charge < -0.3 is 19.1 Å². The van der Waals surface area contributed by atoms with Gasteiger partial charge in [0.15, 0.2) is 11.5 Å². The van der Waals surface area contributed by atoms with E-state index in [0.29, 0.717) is 33.5 Å². The Labute approximate surface area is 206 Å². The lowest BCUT2D eigenvalue weighted by molar-refractivity contribution is -0.122. The molecule has 0 spiro atoms. The zero-order valence-corrected chi connectivity index (χ0v) is 19.5. The summed E-state index contributed by atoms with van der Waals surface area (Å²) in [6.45, 7) is 0.210. The fourth-order valence-corrected chi connectivity index (χ4v) is 4.33. The predicted molar refractivity (Wildman–Crippen MR) is 128 cm³/mol. The van der Waals surface area contributed by atoms with Crippen LogP contribution >= 0.6 is 11.6 Å². The van der Waals surface area contributed by atoms with E-state index in [9.17, 15) is 14.4 Å². The van der Waals surface area contributed by atoms with Crippen molar-refractivity contribution >= 4 is 35.0 Å². The van der Waals surface area contributed by atoms with E-state index in [-0.39, 0.29) is 19.8 Å². The normalized spacial score (nSPS) is 16.5. The monoisotopic (exact) mass is 492 g/mol. The molecule has 1 saturated heterocycles. The Morgan fingerprint density at radius 2 is 1.83 bits per heavy atom. The van der Waals surface area contributed by atoms with E-state index in [2.05, 4.69) is 0 Å². The van der Waals surface area contributed by atoms with Gasteiger partial charge in [-0.2, -0.15) is 0 Å². The van der Waals surface area contributed by atoms with Gasteiger partial charge in [0.1, 0.15) is 11.8 Å². The first-order valence-corrected chi connectivity index (χ1v) is 11.3. The number of fused-ring (bicyclic) bond motifs is 1. The van der Waals surface area contributed by atoms with Crippen LogP contribution in [-0.4, -0.2) is 42.6 Å². The minimum atomic E-state index is -0.984. The van der Waals surface area contributed by atoms with E-state index >= 15 is 0 Å². The molecule has 0 bridgehead atoms. The maximum absolute atomic E-state index is 13.7. The van der Waals surface area contributed by atoms with Crippen molar-refractivity contribution in [2.45, 2.75) is 19.0 Å². The predicted octanol–water partition coefficient (Wildman–Crippen LogP) is 4.05. The second kappa shape index (κ2) is 9.31. The Hall–Kier alpha value is -4.04. The molecule has 3 amide bonds. The fraction of sp³-hybridized carbons (Fsp3) is 0.192. The molecular weight excluding hydrogens is 472 g/mol. The molecule has 1 fully saturated rings. The summed E-state index contributed by atoms with van der Waals surface area (Å²) in [4.78, 5) is 42.6. The highest BCUT2D eigenvalue weighted by molar-refractivity contribution is 6.31. The van der Waals surface area contributed by atoms with E-state index < -0.39 is 23.8 Å². The number of halogens is 1. The van der Waals surface area contributed by atoms with Crippen molar-refractivity contribution in [2.75, 3.05) is 18.8 Å². The molecule has 9 heteroatoms. The third-order valence-corrected chi connectivity index (χ3v) is 6.20. The second-order valence-electron chi connectivity index (χ2n) is 8.12. The molecule has 2 aliphatic heterocycles. The number of carbonyl (C=O) groups excluding carboxylic acids is 3. The molecular formula is C26H21ClN2O6. The van der Waals surface area contributed by atoms with Gasteiger partial charge >= 0.3 is 0 Å². The number of imide groups is 1. The number of methoxy groups -OCH3 is 1. The number of nitrogens with zero attached hydrogens (tertiary/aromatic N) is 2. The number of carbonyl (C=O) groups is 3. The highest BCUT2D eigenvalue weighted by Crippen LogP contribution is 2.34. The SMILES string of the molecule is COc1cccc(C(=O)N(Cc2ccc3c(c2)OCO3)C2CC(=O)N(c3ccc(Cl)cc3)C2=O)c1. The average Bonchev–Trinajstić information content (AvgIpc) is 3.46. The molecule has 2 heterocycles. The molecule has 3 aromatic carbocycles. The standard InChI is InChI=1S/C26H21ClN2O6/c1-33-20-4-2-3-17(12-20)25(31)28(14-16-5-10-22-23(11-16)35-15-34-22)21-13-24(30)29(26(21)32)19-8-6-18(27)7-9-19/h2-12,21H,13-15H2,1H3. The van der Waals surface area contributed by atoms with Crippen molar-refractivity contribution < 1.29 is 28.6 Å². The summed E-state index contributed by atoms with van der Waals surface area (Å²) in [5, 5.41) is 0.488. The first-order chi connectivity index (χ1) is 16.9. The van der Waals surface area contributed by atoms with Gasteiger partial charge in [0.2, 0.25) is 12.7 Å². The third-order valence-electron chi connectivity index (χ3n) is 5.95. The average molecular weight is 493 g/mol. The van der Waals surface area contributed by atoms with Crippen LogP contribution in [0.5, 0.6) is 17.2 Å². The summed E-state index contributed by atoms with van der Waals surface area (Å²) in [7, 11) is 1.51. The van der Waals surface area contributed by atoms with E-state index in [4.69, 9.17) is 25.8 Å². The van der Waals surface area contributed by atoms with Crippen molar-refractivity contribution in [3.05, 3.63) is 82.9 Å². The van der Waals surface area contributed by atoms with E-state index in [1.54, 1.807) is 66.7 Å². The molecule has 1 atom stereocenters. The van der Waals surface area contributed by atoms with Crippen molar-refractivity contribution in [1.29, 1.82) is 0 Å². The van der Waals surface area contributed by atoms with Gasteiger partial charge in [-0.15, -0.1) is 0 Å². The molecule has 0 saturated carbocycles. The largest absolute Gasteiger partial charge is 0.497 e. The second-order valence-corrected chi connectivity index (χ2v) is 8.55. The lowest BCUT2D eigenvalue weighted by atomic mass is 10.1. The maximum Gasteiger partial charge on any atom is 0.257 e. The van der Waals surface area contributed by atoms with Crippen molar-refractivity contribution in [3.63, 3.8) is 0 Å². The van der Waals surface area contributed by atoms with Crippen LogP contribution in [-0.2, 0) is 16.1 Å². The van der Waals surface area contributed by atoms with E-state index in [0.717, 1.165) is 10.5 Å². The van der Waals surface area contributed by atoms with Gasteiger partial charge in [-0.05, 0) is 60.2 Å². The summed E-state index contributed by atoms with van der Waals surface area (Å²) in [5.74, 6) is 0.417. The lowest BCUT2D eigenvalue weighted by Gasteiger charge is -2.28. The summed E-state index contributed by atoms with van der Waals surface area (Å²) in [6, 6.07) is 17.5. The minimum absolute atomic E-state index is 0.0881. The van der Waals surface area contributed by atoms with Crippen molar-refractivity contribution in [2.24, 2.45) is 0 Å². The maximum atomic E-state index is 13.7. The Bertz CT molecular complexity index is 1310. The molecule has 178 valence electrons. The molecule has 35 heavy (non-hydrogen) atoms. The molecule has 5 rings (SSSR count). The van der Waals surface area contributed by atoms with Gasteiger partial charge in [-0.25, -0.2) is 4.90 Å². The van der Waals surface area contributed by atoms with Gasteiger partial charge in [0, 0.05) is 17.1 Å². The summed E-state index contributed by atoms with van der Waals surface area (Å²) < 4.78 is 16.1. The highest BCUT2D eigenvalue weighted by Gasteiger charge is 2.44. The molecule has 2 aliphatic rings. The molecule has 0 aromatic heterocycles. The number of hydrogen-bond donors (Lipinski definition) is 0. The Balaban J connectivity index is 1.50. The fourth-order valence-electron chi connectivity index (χ4n) is 4.20.